The van der Waals surface area contributed by atoms with Crippen LogP contribution in [0.2, 0.25) is 0 Å². The summed E-state index contributed by atoms with van der Waals surface area (Å²) in [4.78, 5) is 66.7. The number of nitrogens with one attached hydrogen (secondary N) is 1. The van der Waals surface area contributed by atoms with E-state index in [-0.39, 0.29) is 5.82 Å². The van der Waals surface area contributed by atoms with Gasteiger partial charge in [0.05, 0.1) is 19.6 Å². The molecule has 1 unspecified atom stereocenters. The molecular weight excluding hydrogens is 574 g/mol. The predicted molar refractivity (Wildman–Crippen MR) is 126 cm³/mol. The quantitative estimate of drug-likeness (QED) is 0.105. The predicted octanol–water partition coefficient (Wildman–Crippen LogP) is -2.89. The van der Waals surface area contributed by atoms with Gasteiger partial charge in [-0.15, -0.1) is 0 Å². The van der Waals surface area contributed by atoms with Crippen molar-refractivity contribution in [3.8, 4) is 0 Å². The Hall–Kier alpha value is -2.28. The molecule has 1 aromatic rings. The minimum absolute atomic E-state index is 0.0976. The molecule has 1 aliphatic heterocycles. The number of aromatic nitrogens is 2. The van der Waals surface area contributed by atoms with Crippen LogP contribution < -0.4 is 16.7 Å². The van der Waals surface area contributed by atoms with Gasteiger partial charge in [-0.05, 0) is 6.07 Å². The van der Waals surface area contributed by atoms with Gasteiger partial charge in [-0.1, -0.05) is 13.8 Å². The number of amides is 1. The second-order valence-electron chi connectivity index (χ2n) is 9.01. The molecule has 222 valence electrons. The Kier molecular flexibility index (Phi) is 10.9. The summed E-state index contributed by atoms with van der Waals surface area (Å²) >= 11 is 0. The average Bonchev–Trinajstić information content (AvgIpc) is 3.09. The summed E-state index contributed by atoms with van der Waals surface area (Å²) in [6, 6.07) is 1.24. The first-order valence-electron chi connectivity index (χ1n) is 11.0. The zero-order valence-electron chi connectivity index (χ0n) is 20.6. The number of phosphoric ester groups is 2. The molecule has 0 aliphatic carbocycles. The van der Waals surface area contributed by atoms with Crippen molar-refractivity contribution in [2.45, 2.75) is 50.9 Å². The molecule has 1 fully saturated rings. The highest BCUT2D eigenvalue weighted by atomic mass is 31.2. The highest BCUT2D eigenvalue weighted by molar-refractivity contribution is 7.48. The summed E-state index contributed by atoms with van der Waals surface area (Å²) in [5, 5.41) is 32.6. The van der Waals surface area contributed by atoms with Crippen molar-refractivity contribution in [3.63, 3.8) is 0 Å². The molecule has 39 heavy (non-hydrogen) atoms. The van der Waals surface area contributed by atoms with Gasteiger partial charge >= 0.3 is 27.3 Å². The molecule has 1 saturated heterocycles. The fourth-order valence-electron chi connectivity index (χ4n) is 3.15. The van der Waals surface area contributed by atoms with Crippen LogP contribution in [0.25, 0.3) is 0 Å². The highest BCUT2D eigenvalue weighted by Crippen LogP contribution is 2.44. The van der Waals surface area contributed by atoms with Crippen LogP contribution in [0.4, 0.5) is 5.82 Å². The van der Waals surface area contributed by atoms with E-state index >= 15 is 0 Å². The molecule has 0 saturated carbocycles. The van der Waals surface area contributed by atoms with Crippen molar-refractivity contribution in [2.24, 2.45) is 5.41 Å². The topological polar surface area (TPSA) is 300 Å². The van der Waals surface area contributed by atoms with Crippen LogP contribution >= 0.6 is 15.6 Å². The molecule has 1 amide bonds. The van der Waals surface area contributed by atoms with Gasteiger partial charge in [-0.3, -0.25) is 28.1 Å². The van der Waals surface area contributed by atoms with E-state index in [1.54, 1.807) is 0 Å². The highest BCUT2D eigenvalue weighted by Gasteiger charge is 2.45. The van der Waals surface area contributed by atoms with Gasteiger partial charge in [0.2, 0.25) is 5.91 Å². The van der Waals surface area contributed by atoms with Crippen molar-refractivity contribution in [1.82, 2.24) is 14.9 Å². The number of aliphatic hydroxyl groups is 3. The number of ether oxygens (including phenoxy) is 1. The van der Waals surface area contributed by atoms with Gasteiger partial charge in [-0.25, -0.2) is 13.9 Å². The van der Waals surface area contributed by atoms with Gasteiger partial charge in [0.1, 0.15) is 30.2 Å². The summed E-state index contributed by atoms with van der Waals surface area (Å²) < 4.78 is 42.4. The standard InChI is InChI=1S/C18H30N4O15P2/c1-18(2,8-35-38(29,30)31)14(26)15(27)20-5-3-11(23)37-39(32,33)34-7-9-12(24)13(25)16(36-9)22-6-4-10(19)21-17(22)28/h4,6,9,12-14,16,24-26H,3,5,7-8H2,1-2H3,(H,20,27)(H,32,33)(H2,19,21,28)(H2,29,30,31)/t9-,12-,13-,14+,16-/m1/s1. The van der Waals surface area contributed by atoms with E-state index in [4.69, 9.17) is 20.3 Å². The first-order chi connectivity index (χ1) is 17.8. The lowest BCUT2D eigenvalue weighted by molar-refractivity contribution is -0.138. The molecule has 6 atom stereocenters. The Morgan fingerprint density at radius 2 is 1.87 bits per heavy atom. The third-order valence-corrected chi connectivity index (χ3v) is 6.68. The van der Waals surface area contributed by atoms with Crippen LogP contribution in [-0.4, -0.2) is 95.6 Å². The number of aliphatic hydroxyl groups excluding tert-OH is 3. The maximum atomic E-state index is 12.1. The molecule has 9 N–H and O–H groups in total. The largest absolute Gasteiger partial charge is 0.529 e. The lowest BCUT2D eigenvalue weighted by Gasteiger charge is -2.29. The minimum Gasteiger partial charge on any atom is -0.387 e. The van der Waals surface area contributed by atoms with E-state index in [0.717, 1.165) is 10.8 Å². The van der Waals surface area contributed by atoms with Gasteiger partial charge in [-0.2, -0.15) is 4.98 Å². The molecule has 19 nitrogen and oxygen atoms in total. The van der Waals surface area contributed by atoms with Crippen molar-refractivity contribution in [2.75, 3.05) is 25.5 Å². The smallest absolute Gasteiger partial charge is 0.387 e. The van der Waals surface area contributed by atoms with Crippen molar-refractivity contribution < 1.29 is 67.0 Å². The third kappa shape index (κ3) is 9.70. The lowest BCUT2D eigenvalue weighted by Crippen LogP contribution is -2.46. The van der Waals surface area contributed by atoms with Crippen LogP contribution in [0.5, 0.6) is 0 Å². The fourth-order valence-corrected chi connectivity index (χ4v) is 4.39. The van der Waals surface area contributed by atoms with Crippen LogP contribution in [0.1, 0.15) is 26.5 Å². The zero-order chi connectivity index (χ0) is 29.8. The molecule has 0 bridgehead atoms. The van der Waals surface area contributed by atoms with E-state index < -0.39 is 95.4 Å². The number of carbonyl (C=O) groups excluding carboxylic acids is 2. The molecule has 1 aliphatic rings. The van der Waals surface area contributed by atoms with Crippen molar-refractivity contribution in [3.05, 3.63) is 22.7 Å². The number of rotatable bonds is 13. The number of nitrogens with zero attached hydrogens (tertiary/aromatic N) is 2. The first kappa shape index (κ1) is 32.9. The molecule has 2 heterocycles. The summed E-state index contributed by atoms with van der Waals surface area (Å²) in [7, 11) is -9.91. The maximum Gasteiger partial charge on any atom is 0.529 e. The number of hydrogen-bond acceptors (Lipinski definition) is 14. The molecule has 21 heteroatoms. The molecule has 0 spiro atoms. The Bertz CT molecular complexity index is 1190. The number of anilines is 1. The van der Waals surface area contributed by atoms with E-state index in [9.17, 15) is 43.7 Å². The molecule has 0 radical (unpaired) electrons. The van der Waals surface area contributed by atoms with Gasteiger partial charge < -0.3 is 45.4 Å². The monoisotopic (exact) mass is 604 g/mol. The Labute approximate surface area is 220 Å². The number of nitrogen functional groups attached to an aromatic ring is 1. The van der Waals surface area contributed by atoms with E-state index in [2.05, 4.69) is 23.9 Å². The maximum absolute atomic E-state index is 12.1. The Balaban J connectivity index is 1.82. The summed E-state index contributed by atoms with van der Waals surface area (Å²) in [5.74, 6) is -2.42. The number of carbonyl (C=O) groups is 2. The summed E-state index contributed by atoms with van der Waals surface area (Å²) in [6.45, 7) is 0.591. The summed E-state index contributed by atoms with van der Waals surface area (Å²) in [6.07, 6.45) is -7.48. The minimum atomic E-state index is -5.06. The van der Waals surface area contributed by atoms with E-state index in [0.29, 0.717) is 0 Å². The summed E-state index contributed by atoms with van der Waals surface area (Å²) in [5.41, 5.74) is 3.06. The van der Waals surface area contributed by atoms with Gasteiger partial charge in [0.25, 0.3) is 0 Å². The average molecular weight is 604 g/mol. The number of hydrogen-bond donors (Lipinski definition) is 8. The van der Waals surface area contributed by atoms with Crippen molar-refractivity contribution in [1.29, 1.82) is 0 Å². The van der Waals surface area contributed by atoms with E-state index in [1.807, 2.05) is 0 Å². The van der Waals surface area contributed by atoms with Crippen LogP contribution in [-0.2, 0) is 37.0 Å². The Morgan fingerprint density at radius 1 is 1.23 bits per heavy atom. The van der Waals surface area contributed by atoms with Gasteiger partial charge in [0, 0.05) is 18.2 Å². The Morgan fingerprint density at radius 3 is 2.46 bits per heavy atom. The van der Waals surface area contributed by atoms with Crippen molar-refractivity contribution >= 4 is 33.3 Å². The number of phosphoric acid groups is 2. The van der Waals surface area contributed by atoms with E-state index in [1.165, 1.54) is 19.9 Å². The normalized spacial score (nSPS) is 24.1. The fraction of sp³-hybridized carbons (Fsp3) is 0.667. The number of nitrogens with two attached hydrogens (primary N) is 1. The van der Waals surface area contributed by atoms with Crippen LogP contribution in [0, 0.1) is 5.41 Å². The molecular formula is C18H30N4O15P2. The second kappa shape index (κ2) is 12.9. The van der Waals surface area contributed by atoms with Crippen LogP contribution in [0.15, 0.2) is 17.1 Å². The molecule has 2 rings (SSSR count). The SMILES string of the molecule is CC(C)(COP(=O)(O)O)[C@@H](O)C(=O)NCCC(=O)OP(=O)(O)OC[C@H]1O[C@@H](n2ccc(N)nc2=O)[C@H](O)[C@@H]1O. The third-order valence-electron chi connectivity index (χ3n) is 5.30. The molecule has 0 aromatic carbocycles. The second-order valence-corrected chi connectivity index (χ2v) is 11.6. The lowest BCUT2D eigenvalue weighted by atomic mass is 9.87. The molecule has 1 aromatic heterocycles. The first-order valence-corrected chi connectivity index (χ1v) is 14.1. The van der Waals surface area contributed by atoms with Gasteiger partial charge in [0.15, 0.2) is 6.23 Å². The van der Waals surface area contributed by atoms with Crippen LogP contribution in [0.3, 0.4) is 0 Å². The zero-order valence-corrected chi connectivity index (χ0v) is 22.4.